The van der Waals surface area contributed by atoms with Crippen molar-refractivity contribution in [1.82, 2.24) is 4.57 Å². The second-order valence-corrected chi connectivity index (χ2v) is 8.91. The molecule has 38 heavy (non-hydrogen) atoms. The SMILES string of the molecule is CCCc1c2oc(C(=O)O)cc(=O)c2cc2c(=O)cc(C(=O)OC(C)OC(=O)[C@@H](N)CCCCN)n(C)c12. The van der Waals surface area contributed by atoms with E-state index in [1.165, 1.54) is 24.6 Å². The molecule has 0 fully saturated rings. The summed E-state index contributed by atoms with van der Waals surface area (Å²) in [5, 5.41) is 9.56. The van der Waals surface area contributed by atoms with Crippen molar-refractivity contribution in [2.24, 2.45) is 18.5 Å². The lowest BCUT2D eigenvalue weighted by Gasteiger charge is -2.19. The molecule has 1 aromatic carbocycles. The lowest BCUT2D eigenvalue weighted by molar-refractivity contribution is -0.167. The predicted octanol–water partition coefficient (Wildman–Crippen LogP) is 1.80. The average Bonchev–Trinajstić information content (AvgIpc) is 2.86. The van der Waals surface area contributed by atoms with E-state index in [0.717, 1.165) is 12.1 Å². The Morgan fingerprint density at radius 3 is 2.39 bits per heavy atom. The molecule has 12 nitrogen and oxygen atoms in total. The first-order chi connectivity index (χ1) is 18.0. The fourth-order valence-corrected chi connectivity index (χ4v) is 4.23. The molecule has 2 atom stereocenters. The Bertz CT molecular complexity index is 1510. The Hall–Kier alpha value is -4.03. The summed E-state index contributed by atoms with van der Waals surface area (Å²) in [5.41, 5.74) is 10.7. The largest absolute Gasteiger partial charge is 0.475 e. The third kappa shape index (κ3) is 5.92. The van der Waals surface area contributed by atoms with Gasteiger partial charge in [-0.25, -0.2) is 9.59 Å². The Kier molecular flexibility index (Phi) is 9.02. The number of unbranched alkanes of at least 4 members (excludes halogenated alkanes) is 1. The Balaban J connectivity index is 2.03. The van der Waals surface area contributed by atoms with Crippen molar-refractivity contribution in [2.45, 2.75) is 58.3 Å². The number of pyridine rings is 1. The van der Waals surface area contributed by atoms with Crippen LogP contribution in [0, 0.1) is 0 Å². The molecule has 1 unspecified atom stereocenters. The van der Waals surface area contributed by atoms with Crippen molar-refractivity contribution in [3.63, 3.8) is 0 Å². The Morgan fingerprint density at radius 2 is 1.76 bits per heavy atom. The van der Waals surface area contributed by atoms with E-state index in [9.17, 15) is 29.1 Å². The number of nitrogens with two attached hydrogens (primary N) is 2. The third-order valence-electron chi connectivity index (χ3n) is 6.07. The molecule has 0 aliphatic rings. The van der Waals surface area contributed by atoms with Crippen LogP contribution in [0.2, 0.25) is 0 Å². The van der Waals surface area contributed by atoms with Gasteiger partial charge in [0.2, 0.25) is 12.1 Å². The van der Waals surface area contributed by atoms with E-state index in [0.29, 0.717) is 44.2 Å². The summed E-state index contributed by atoms with van der Waals surface area (Å²) in [6.45, 7) is 3.68. The average molecular weight is 530 g/mol. The first-order valence-electron chi connectivity index (χ1n) is 12.2. The third-order valence-corrected chi connectivity index (χ3v) is 6.07. The van der Waals surface area contributed by atoms with Crippen LogP contribution in [0.3, 0.4) is 0 Å². The van der Waals surface area contributed by atoms with E-state index in [1.807, 2.05) is 6.92 Å². The summed E-state index contributed by atoms with van der Waals surface area (Å²) in [4.78, 5) is 62.4. The molecule has 3 rings (SSSR count). The first-order valence-corrected chi connectivity index (χ1v) is 12.2. The van der Waals surface area contributed by atoms with Crippen LogP contribution in [0.4, 0.5) is 0 Å². The molecule has 0 amide bonds. The molecule has 0 saturated heterocycles. The van der Waals surface area contributed by atoms with Crippen LogP contribution in [0.5, 0.6) is 0 Å². The molecule has 0 radical (unpaired) electrons. The van der Waals surface area contributed by atoms with Crippen LogP contribution >= 0.6 is 0 Å². The Morgan fingerprint density at radius 1 is 1.08 bits per heavy atom. The van der Waals surface area contributed by atoms with Gasteiger partial charge in [-0.1, -0.05) is 19.8 Å². The molecular weight excluding hydrogens is 498 g/mol. The highest BCUT2D eigenvalue weighted by molar-refractivity contribution is 6.01. The van der Waals surface area contributed by atoms with Crippen molar-refractivity contribution in [2.75, 3.05) is 6.54 Å². The zero-order chi connectivity index (χ0) is 28.1. The van der Waals surface area contributed by atoms with Crippen molar-refractivity contribution in [1.29, 1.82) is 0 Å². The number of carbonyl (C=O) groups is 3. The van der Waals surface area contributed by atoms with E-state index < -0.39 is 46.9 Å². The maximum absolute atomic E-state index is 13.1. The maximum atomic E-state index is 13.1. The van der Waals surface area contributed by atoms with E-state index in [2.05, 4.69) is 0 Å². The summed E-state index contributed by atoms with van der Waals surface area (Å²) in [5.74, 6) is -3.64. The number of carboxylic acids is 1. The molecule has 2 heterocycles. The van der Waals surface area contributed by atoms with Crippen molar-refractivity contribution in [3.8, 4) is 0 Å². The van der Waals surface area contributed by atoms with E-state index in [-0.39, 0.29) is 27.6 Å². The molecule has 0 aliphatic heterocycles. The van der Waals surface area contributed by atoms with E-state index in [4.69, 9.17) is 25.4 Å². The molecule has 0 saturated carbocycles. The minimum absolute atomic E-state index is 0.0238. The number of nitrogens with zero attached hydrogens (tertiary/aromatic N) is 1. The molecule has 3 aromatic rings. The van der Waals surface area contributed by atoms with Gasteiger partial charge in [-0.15, -0.1) is 0 Å². The summed E-state index contributed by atoms with van der Waals surface area (Å²) in [6.07, 6.45) is 1.31. The second-order valence-electron chi connectivity index (χ2n) is 8.91. The van der Waals surface area contributed by atoms with Crippen LogP contribution < -0.4 is 22.3 Å². The number of carboxylic acid groups (broad SMARTS) is 1. The summed E-state index contributed by atoms with van der Waals surface area (Å²) in [6, 6.07) is 2.35. The molecule has 12 heteroatoms. The maximum Gasteiger partial charge on any atom is 0.371 e. The molecule has 2 aromatic heterocycles. The number of aromatic carboxylic acids is 1. The minimum Gasteiger partial charge on any atom is -0.475 e. The summed E-state index contributed by atoms with van der Waals surface area (Å²) >= 11 is 0. The number of hydrogen-bond donors (Lipinski definition) is 3. The number of aryl methyl sites for hydroxylation is 2. The van der Waals surface area contributed by atoms with Crippen molar-refractivity contribution < 1.29 is 33.4 Å². The van der Waals surface area contributed by atoms with Crippen LogP contribution in [0.25, 0.3) is 21.9 Å². The summed E-state index contributed by atoms with van der Waals surface area (Å²) in [7, 11) is 1.52. The molecule has 0 bridgehead atoms. The minimum atomic E-state index is -1.42. The van der Waals surface area contributed by atoms with Crippen LogP contribution in [-0.2, 0) is 27.7 Å². The van der Waals surface area contributed by atoms with Gasteiger partial charge >= 0.3 is 17.9 Å². The predicted molar refractivity (Wildman–Crippen MR) is 138 cm³/mol. The highest BCUT2D eigenvalue weighted by atomic mass is 16.7. The van der Waals surface area contributed by atoms with Gasteiger partial charge in [-0.05, 0) is 31.9 Å². The zero-order valence-corrected chi connectivity index (χ0v) is 21.4. The fraction of sp³-hybridized carbons (Fsp3) is 0.423. The van der Waals surface area contributed by atoms with Gasteiger partial charge in [-0.2, -0.15) is 0 Å². The lowest BCUT2D eigenvalue weighted by Crippen LogP contribution is -2.36. The van der Waals surface area contributed by atoms with Gasteiger partial charge in [0.25, 0.3) is 0 Å². The number of benzene rings is 1. The van der Waals surface area contributed by atoms with E-state index in [1.54, 1.807) is 0 Å². The molecule has 5 N–H and O–H groups in total. The number of ether oxygens (including phenoxy) is 2. The number of carbonyl (C=O) groups excluding carboxylic acids is 2. The van der Waals surface area contributed by atoms with Crippen LogP contribution in [-0.4, -0.2) is 46.5 Å². The van der Waals surface area contributed by atoms with Gasteiger partial charge in [0, 0.05) is 37.1 Å². The smallest absolute Gasteiger partial charge is 0.371 e. The van der Waals surface area contributed by atoms with Gasteiger partial charge in [0.15, 0.2) is 10.9 Å². The summed E-state index contributed by atoms with van der Waals surface area (Å²) < 4.78 is 17.3. The Labute approximate surface area is 217 Å². The fourth-order valence-electron chi connectivity index (χ4n) is 4.23. The highest BCUT2D eigenvalue weighted by Crippen LogP contribution is 2.28. The normalized spacial score (nSPS) is 12.9. The number of fused-ring (bicyclic) bond motifs is 2. The van der Waals surface area contributed by atoms with Crippen LogP contribution in [0.1, 0.15) is 66.1 Å². The lowest BCUT2D eigenvalue weighted by atomic mass is 10.00. The van der Waals surface area contributed by atoms with Gasteiger partial charge in [-0.3, -0.25) is 14.4 Å². The monoisotopic (exact) mass is 529 g/mol. The molecule has 204 valence electrons. The standard InChI is InChI=1S/C26H31N3O9/c1-4-7-14-22-15(10-16-20(31)12-21(24(32)33)38-23(14)16)19(30)11-18(29(22)3)26(35)37-13(2)36-25(34)17(28)8-5-6-9-27/h10-13,17H,4-9,27-28H2,1-3H3,(H,32,33)/t13?,17-/m0/s1. The molecule has 0 aliphatic carbocycles. The van der Waals surface area contributed by atoms with Crippen molar-refractivity contribution >= 4 is 39.8 Å². The topological polar surface area (TPSA) is 194 Å². The number of aromatic nitrogens is 1. The van der Waals surface area contributed by atoms with Gasteiger partial charge in [0.1, 0.15) is 17.3 Å². The number of rotatable bonds is 11. The van der Waals surface area contributed by atoms with Gasteiger partial charge in [0.05, 0.1) is 10.9 Å². The van der Waals surface area contributed by atoms with E-state index >= 15 is 0 Å². The number of esters is 2. The van der Waals surface area contributed by atoms with Crippen molar-refractivity contribution in [3.05, 3.63) is 55.7 Å². The quantitative estimate of drug-likeness (QED) is 0.142. The van der Waals surface area contributed by atoms with Gasteiger partial charge < -0.3 is 35.0 Å². The zero-order valence-electron chi connectivity index (χ0n) is 21.4. The molecule has 0 spiro atoms. The highest BCUT2D eigenvalue weighted by Gasteiger charge is 2.24. The van der Waals surface area contributed by atoms with Crippen LogP contribution in [0.15, 0.2) is 32.2 Å². The number of hydrogen-bond acceptors (Lipinski definition) is 10. The molecular formula is C26H31N3O9. The first kappa shape index (κ1) is 28.5. The second kappa shape index (κ2) is 12.0.